The smallest absolute Gasteiger partial charge is 0.331 e. The van der Waals surface area contributed by atoms with E-state index in [1.165, 1.54) is 16.5 Å². The monoisotopic (exact) mass is 468 g/mol. The largest absolute Gasteiger partial charge is 0.456 e. The van der Waals surface area contributed by atoms with Gasteiger partial charge in [0, 0.05) is 30.1 Å². The van der Waals surface area contributed by atoms with Crippen molar-refractivity contribution in [2.45, 2.75) is 13.5 Å². The number of ether oxygens (including phenoxy) is 1. The molecule has 4 aromatic heterocycles. The highest BCUT2D eigenvalue weighted by Crippen LogP contribution is 2.28. The predicted molar refractivity (Wildman–Crippen MR) is 132 cm³/mol. The SMILES string of the molecule is Cc1ccc2nc(COC(=O)/C=C/c3cn(-c4ccccc4)nc3-c3cccs3)cc(=O)n2c1. The van der Waals surface area contributed by atoms with Gasteiger partial charge in [0.05, 0.1) is 16.3 Å². The molecular weight excluding hydrogens is 448 g/mol. The summed E-state index contributed by atoms with van der Waals surface area (Å²) in [5.74, 6) is -0.532. The second kappa shape index (κ2) is 9.29. The molecule has 0 saturated heterocycles. The first kappa shape index (κ1) is 21.5. The number of hydrogen-bond donors (Lipinski definition) is 0. The molecule has 7 nitrogen and oxygen atoms in total. The van der Waals surface area contributed by atoms with E-state index >= 15 is 0 Å². The Kier molecular flexibility index (Phi) is 5.88. The van der Waals surface area contributed by atoms with Crippen LogP contribution in [0.3, 0.4) is 0 Å². The average Bonchev–Trinajstić information content (AvgIpc) is 3.52. The lowest BCUT2D eigenvalue weighted by Crippen LogP contribution is -2.16. The maximum Gasteiger partial charge on any atom is 0.331 e. The van der Waals surface area contributed by atoms with Gasteiger partial charge in [0.1, 0.15) is 17.9 Å². The number of carbonyl (C=O) groups excluding carboxylic acids is 1. The van der Waals surface area contributed by atoms with Crippen molar-refractivity contribution in [3.8, 4) is 16.3 Å². The van der Waals surface area contributed by atoms with E-state index in [4.69, 9.17) is 9.84 Å². The fraction of sp³-hybridized carbons (Fsp3) is 0.0769. The quantitative estimate of drug-likeness (QED) is 0.267. The number of para-hydroxylation sites is 1. The van der Waals surface area contributed by atoms with Gasteiger partial charge in [0.25, 0.3) is 5.56 Å². The van der Waals surface area contributed by atoms with Gasteiger partial charge in [0.15, 0.2) is 0 Å². The van der Waals surface area contributed by atoms with Gasteiger partial charge in [-0.15, -0.1) is 11.3 Å². The van der Waals surface area contributed by atoms with Crippen molar-refractivity contribution in [2.24, 2.45) is 0 Å². The number of nitrogens with zero attached hydrogens (tertiary/aromatic N) is 4. The first-order chi connectivity index (χ1) is 16.6. The van der Waals surface area contributed by atoms with Crippen LogP contribution in [0.5, 0.6) is 0 Å². The van der Waals surface area contributed by atoms with E-state index in [-0.39, 0.29) is 12.2 Å². The van der Waals surface area contributed by atoms with Gasteiger partial charge in [-0.3, -0.25) is 9.20 Å². The molecule has 4 heterocycles. The van der Waals surface area contributed by atoms with E-state index in [1.807, 2.05) is 67.0 Å². The second-order valence-electron chi connectivity index (χ2n) is 7.65. The minimum atomic E-state index is -0.532. The first-order valence-electron chi connectivity index (χ1n) is 10.6. The lowest BCUT2D eigenvalue weighted by molar-refractivity contribution is -0.139. The van der Waals surface area contributed by atoms with Crippen LogP contribution in [0.4, 0.5) is 0 Å². The van der Waals surface area contributed by atoms with Crippen molar-refractivity contribution in [3.05, 3.63) is 112 Å². The predicted octanol–water partition coefficient (Wildman–Crippen LogP) is 4.67. The number of thiophene rings is 1. The van der Waals surface area contributed by atoms with E-state index < -0.39 is 5.97 Å². The van der Waals surface area contributed by atoms with Crippen LogP contribution < -0.4 is 5.56 Å². The Hall–Kier alpha value is -4.30. The standard InChI is InChI=1S/C26H20N4O3S/c1-18-9-11-23-27-20(14-24(31)29(23)15-18)17-33-25(32)12-10-19-16-30(21-6-3-2-4-7-21)28-26(19)22-8-5-13-34-22/h2-16H,17H2,1H3/b12-10+. The van der Waals surface area contributed by atoms with Crippen molar-refractivity contribution in [1.29, 1.82) is 0 Å². The molecule has 0 amide bonds. The van der Waals surface area contributed by atoms with Crippen molar-refractivity contribution < 1.29 is 9.53 Å². The molecule has 5 rings (SSSR count). The average molecular weight is 469 g/mol. The van der Waals surface area contributed by atoms with Crippen molar-refractivity contribution in [2.75, 3.05) is 0 Å². The Bertz CT molecular complexity index is 1550. The summed E-state index contributed by atoms with van der Waals surface area (Å²) < 4.78 is 8.59. The molecule has 0 unspecified atom stereocenters. The molecule has 0 fully saturated rings. The molecule has 0 bridgehead atoms. The van der Waals surface area contributed by atoms with E-state index in [2.05, 4.69) is 4.98 Å². The van der Waals surface area contributed by atoms with Crippen LogP contribution >= 0.6 is 11.3 Å². The van der Waals surface area contributed by atoms with Crippen LogP contribution in [0.2, 0.25) is 0 Å². The lowest BCUT2D eigenvalue weighted by Gasteiger charge is -2.05. The Morgan fingerprint density at radius 1 is 1.09 bits per heavy atom. The van der Waals surface area contributed by atoms with Crippen molar-refractivity contribution in [3.63, 3.8) is 0 Å². The van der Waals surface area contributed by atoms with Gasteiger partial charge < -0.3 is 4.74 Å². The highest BCUT2D eigenvalue weighted by molar-refractivity contribution is 7.13. The van der Waals surface area contributed by atoms with Crippen LogP contribution in [-0.4, -0.2) is 25.1 Å². The summed E-state index contributed by atoms with van der Waals surface area (Å²) in [4.78, 5) is 30.2. The summed E-state index contributed by atoms with van der Waals surface area (Å²) >= 11 is 1.58. The molecule has 0 spiro atoms. The van der Waals surface area contributed by atoms with E-state index in [9.17, 15) is 9.59 Å². The number of carbonyl (C=O) groups is 1. The lowest BCUT2D eigenvalue weighted by atomic mass is 10.2. The minimum absolute atomic E-state index is 0.0934. The molecule has 0 aliphatic carbocycles. The van der Waals surface area contributed by atoms with Crippen molar-refractivity contribution >= 4 is 29.0 Å². The second-order valence-corrected chi connectivity index (χ2v) is 8.60. The Labute approximate surface area is 199 Å². The summed E-state index contributed by atoms with van der Waals surface area (Å²) in [6.07, 6.45) is 6.65. The van der Waals surface area contributed by atoms with Crippen LogP contribution in [0.25, 0.3) is 28.0 Å². The maximum absolute atomic E-state index is 12.4. The molecule has 5 aromatic rings. The first-order valence-corrected chi connectivity index (χ1v) is 11.5. The summed E-state index contributed by atoms with van der Waals surface area (Å²) in [5, 5.41) is 6.70. The normalized spacial score (nSPS) is 11.3. The minimum Gasteiger partial charge on any atom is -0.456 e. The molecule has 1 aromatic carbocycles. The number of esters is 1. The fourth-order valence-corrected chi connectivity index (χ4v) is 4.24. The zero-order chi connectivity index (χ0) is 23.5. The summed E-state index contributed by atoms with van der Waals surface area (Å²) in [6, 6.07) is 18.7. The molecule has 0 N–H and O–H groups in total. The fourth-order valence-electron chi connectivity index (χ4n) is 3.51. The van der Waals surface area contributed by atoms with E-state index in [1.54, 1.807) is 34.4 Å². The van der Waals surface area contributed by atoms with Crippen LogP contribution in [-0.2, 0) is 16.1 Å². The number of aryl methyl sites for hydroxylation is 1. The number of benzene rings is 1. The van der Waals surface area contributed by atoms with Crippen LogP contribution in [0.15, 0.2) is 89.3 Å². The molecular formula is C26H20N4O3S. The van der Waals surface area contributed by atoms with E-state index in [0.29, 0.717) is 11.3 Å². The van der Waals surface area contributed by atoms with Gasteiger partial charge in [-0.25, -0.2) is 14.5 Å². The Morgan fingerprint density at radius 2 is 1.94 bits per heavy atom. The zero-order valence-corrected chi connectivity index (χ0v) is 19.1. The van der Waals surface area contributed by atoms with Gasteiger partial charge in [-0.1, -0.05) is 30.3 Å². The van der Waals surface area contributed by atoms with Crippen LogP contribution in [0.1, 0.15) is 16.8 Å². The highest BCUT2D eigenvalue weighted by atomic mass is 32.1. The molecule has 0 saturated carbocycles. The maximum atomic E-state index is 12.4. The van der Waals surface area contributed by atoms with Crippen molar-refractivity contribution in [1.82, 2.24) is 19.2 Å². The molecule has 8 heteroatoms. The zero-order valence-electron chi connectivity index (χ0n) is 18.3. The van der Waals surface area contributed by atoms with Gasteiger partial charge in [0.2, 0.25) is 0 Å². The number of pyridine rings is 1. The highest BCUT2D eigenvalue weighted by Gasteiger charge is 2.12. The summed E-state index contributed by atoms with van der Waals surface area (Å²) in [5.41, 5.74) is 4.14. The summed E-state index contributed by atoms with van der Waals surface area (Å²) in [7, 11) is 0. The Balaban J connectivity index is 1.34. The number of rotatable bonds is 6. The molecule has 0 radical (unpaired) electrons. The van der Waals surface area contributed by atoms with Gasteiger partial charge in [-0.2, -0.15) is 5.10 Å². The topological polar surface area (TPSA) is 78.5 Å². The van der Waals surface area contributed by atoms with Gasteiger partial charge >= 0.3 is 5.97 Å². The third-order valence-corrected chi connectivity index (χ3v) is 6.02. The number of hydrogen-bond acceptors (Lipinski definition) is 6. The Morgan fingerprint density at radius 3 is 2.74 bits per heavy atom. The van der Waals surface area contributed by atoms with Gasteiger partial charge in [-0.05, 0) is 48.2 Å². The molecule has 168 valence electrons. The number of aromatic nitrogens is 4. The van der Waals surface area contributed by atoms with Crippen LogP contribution in [0, 0.1) is 6.92 Å². The number of fused-ring (bicyclic) bond motifs is 1. The molecule has 34 heavy (non-hydrogen) atoms. The third-order valence-electron chi connectivity index (χ3n) is 5.14. The molecule has 0 aliphatic heterocycles. The molecule has 0 aliphatic rings. The van der Waals surface area contributed by atoms with E-state index in [0.717, 1.165) is 27.4 Å². The summed E-state index contributed by atoms with van der Waals surface area (Å²) in [6.45, 7) is 1.81. The third kappa shape index (κ3) is 4.57. The molecule has 0 atom stereocenters.